The molecule has 2 aliphatic rings. The number of furan rings is 1. The van der Waals surface area contributed by atoms with Crippen LogP contribution in [0.3, 0.4) is 0 Å². The van der Waals surface area contributed by atoms with E-state index in [0.29, 0.717) is 42.8 Å². The Labute approximate surface area is 154 Å². The Hall–Kier alpha value is -3.10. The lowest BCUT2D eigenvalue weighted by Gasteiger charge is -2.33. The van der Waals surface area contributed by atoms with Crippen molar-refractivity contribution in [1.29, 1.82) is 0 Å². The number of amides is 3. The molecule has 0 radical (unpaired) electrons. The van der Waals surface area contributed by atoms with Gasteiger partial charge in [0.15, 0.2) is 11.6 Å². The number of anilines is 1. The Bertz CT molecular complexity index is 906. The Morgan fingerprint density at radius 3 is 2.74 bits per heavy atom. The number of methoxy groups -OCH3 is 1. The standard InChI is InChI=1S/C18H19N3O6/c1-10-12(5-8-26-10)13-9-14(20-27-13)21-16(23)18(19-17(21)24)6-3-11(4-7-18)15(22)25-2/h5,8-9,11H,3-4,6-7H2,1-2H3,(H,19,24). The number of carbonyl (C=O) groups is 3. The summed E-state index contributed by atoms with van der Waals surface area (Å²) in [6, 6.07) is 2.72. The van der Waals surface area contributed by atoms with Gasteiger partial charge in [0.25, 0.3) is 5.91 Å². The molecule has 4 rings (SSSR count). The number of nitrogens with one attached hydrogen (secondary N) is 1. The Morgan fingerprint density at radius 1 is 1.37 bits per heavy atom. The quantitative estimate of drug-likeness (QED) is 0.649. The van der Waals surface area contributed by atoms with Crippen molar-refractivity contribution in [1.82, 2.24) is 10.5 Å². The van der Waals surface area contributed by atoms with Gasteiger partial charge in [-0.05, 0) is 38.7 Å². The van der Waals surface area contributed by atoms with Crippen LogP contribution < -0.4 is 10.2 Å². The highest BCUT2D eigenvalue weighted by molar-refractivity contribution is 6.23. The van der Waals surface area contributed by atoms with E-state index in [1.165, 1.54) is 19.4 Å². The molecular formula is C18H19N3O6. The summed E-state index contributed by atoms with van der Waals surface area (Å²) in [5.41, 5.74) is -0.305. The molecule has 27 heavy (non-hydrogen) atoms. The molecule has 3 amide bonds. The van der Waals surface area contributed by atoms with Crippen LogP contribution in [0.4, 0.5) is 10.6 Å². The van der Waals surface area contributed by atoms with Crippen LogP contribution in [-0.4, -0.2) is 35.7 Å². The first-order valence-corrected chi connectivity index (χ1v) is 8.71. The van der Waals surface area contributed by atoms with E-state index in [-0.39, 0.29) is 23.6 Å². The second-order valence-electron chi connectivity index (χ2n) is 6.89. The molecule has 0 aromatic carbocycles. The molecule has 142 valence electrons. The SMILES string of the molecule is COC(=O)C1CCC2(CC1)NC(=O)N(c1cc(-c3ccoc3C)on1)C2=O. The number of aryl methyl sites for hydroxylation is 1. The molecule has 9 nitrogen and oxygen atoms in total. The number of ether oxygens (including phenoxy) is 1. The first-order valence-electron chi connectivity index (χ1n) is 8.71. The van der Waals surface area contributed by atoms with Crippen molar-refractivity contribution in [3.8, 4) is 11.3 Å². The van der Waals surface area contributed by atoms with Gasteiger partial charge in [-0.25, -0.2) is 9.69 Å². The number of rotatable bonds is 3. The average Bonchev–Trinajstić information content (AvgIpc) is 3.35. The Kier molecular flexibility index (Phi) is 4.01. The maximum atomic E-state index is 13.0. The summed E-state index contributed by atoms with van der Waals surface area (Å²) >= 11 is 0. The monoisotopic (exact) mass is 373 g/mol. The molecule has 3 heterocycles. The molecule has 1 spiro atoms. The predicted octanol–water partition coefficient (Wildman–Crippen LogP) is 2.40. The minimum Gasteiger partial charge on any atom is -0.469 e. The van der Waals surface area contributed by atoms with Gasteiger partial charge in [-0.15, -0.1) is 0 Å². The molecule has 1 saturated carbocycles. The molecule has 1 N–H and O–H groups in total. The van der Waals surface area contributed by atoms with Crippen molar-refractivity contribution in [2.24, 2.45) is 5.92 Å². The van der Waals surface area contributed by atoms with Crippen LogP contribution in [0.25, 0.3) is 11.3 Å². The number of imide groups is 1. The summed E-state index contributed by atoms with van der Waals surface area (Å²) in [4.78, 5) is 38.2. The van der Waals surface area contributed by atoms with Gasteiger partial charge in [0, 0.05) is 6.07 Å². The first-order chi connectivity index (χ1) is 12.9. The lowest BCUT2D eigenvalue weighted by Crippen LogP contribution is -2.50. The van der Waals surface area contributed by atoms with E-state index in [0.717, 1.165) is 4.90 Å². The highest BCUT2D eigenvalue weighted by Crippen LogP contribution is 2.39. The van der Waals surface area contributed by atoms with Crippen molar-refractivity contribution in [3.63, 3.8) is 0 Å². The molecule has 0 bridgehead atoms. The maximum Gasteiger partial charge on any atom is 0.331 e. The number of esters is 1. The van der Waals surface area contributed by atoms with Crippen molar-refractivity contribution in [2.75, 3.05) is 12.0 Å². The van der Waals surface area contributed by atoms with Crippen molar-refractivity contribution in [3.05, 3.63) is 24.2 Å². The number of urea groups is 1. The van der Waals surface area contributed by atoms with Gasteiger partial charge in [0.2, 0.25) is 0 Å². The predicted molar refractivity (Wildman–Crippen MR) is 91.7 cm³/mol. The molecular weight excluding hydrogens is 354 g/mol. The van der Waals surface area contributed by atoms with Crippen LogP contribution in [0.5, 0.6) is 0 Å². The Balaban J connectivity index is 1.55. The zero-order chi connectivity index (χ0) is 19.2. The highest BCUT2D eigenvalue weighted by atomic mass is 16.5. The van der Waals surface area contributed by atoms with E-state index >= 15 is 0 Å². The molecule has 2 fully saturated rings. The first kappa shape index (κ1) is 17.3. The summed E-state index contributed by atoms with van der Waals surface area (Å²) in [6.45, 7) is 1.78. The average molecular weight is 373 g/mol. The molecule has 9 heteroatoms. The fourth-order valence-electron chi connectivity index (χ4n) is 3.82. The molecule has 2 aromatic rings. The van der Waals surface area contributed by atoms with Gasteiger partial charge in [0.05, 0.1) is 24.9 Å². The lowest BCUT2D eigenvalue weighted by atomic mass is 9.76. The van der Waals surface area contributed by atoms with Crippen LogP contribution in [-0.2, 0) is 14.3 Å². The van der Waals surface area contributed by atoms with Gasteiger partial charge in [-0.1, -0.05) is 5.16 Å². The summed E-state index contributed by atoms with van der Waals surface area (Å²) in [5.74, 6) is 0.275. The number of nitrogens with zero attached hydrogens (tertiary/aromatic N) is 2. The molecule has 2 aromatic heterocycles. The number of aromatic nitrogens is 1. The second kappa shape index (κ2) is 6.26. The van der Waals surface area contributed by atoms with Crippen LogP contribution in [0.1, 0.15) is 31.4 Å². The topological polar surface area (TPSA) is 115 Å². The normalized spacial score (nSPS) is 25.1. The molecule has 1 aliphatic heterocycles. The maximum absolute atomic E-state index is 13.0. The van der Waals surface area contributed by atoms with Gasteiger partial charge >= 0.3 is 12.0 Å². The highest BCUT2D eigenvalue weighted by Gasteiger charge is 2.54. The zero-order valence-corrected chi connectivity index (χ0v) is 15.0. The third-order valence-electron chi connectivity index (χ3n) is 5.39. The van der Waals surface area contributed by atoms with Gasteiger partial charge < -0.3 is 19.0 Å². The largest absolute Gasteiger partial charge is 0.469 e. The van der Waals surface area contributed by atoms with Gasteiger partial charge in [-0.2, -0.15) is 0 Å². The van der Waals surface area contributed by atoms with Crippen LogP contribution in [0.15, 0.2) is 27.3 Å². The van der Waals surface area contributed by atoms with E-state index in [1.807, 2.05) is 0 Å². The zero-order valence-electron chi connectivity index (χ0n) is 15.0. The van der Waals surface area contributed by atoms with E-state index in [9.17, 15) is 14.4 Å². The molecule has 0 unspecified atom stereocenters. The third-order valence-corrected chi connectivity index (χ3v) is 5.39. The number of hydrogen-bond acceptors (Lipinski definition) is 7. The van der Waals surface area contributed by atoms with E-state index in [2.05, 4.69) is 10.5 Å². The second-order valence-corrected chi connectivity index (χ2v) is 6.89. The summed E-state index contributed by atoms with van der Waals surface area (Å²) in [7, 11) is 1.35. The van der Waals surface area contributed by atoms with Gasteiger partial charge in [0.1, 0.15) is 11.3 Å². The van der Waals surface area contributed by atoms with Crippen molar-refractivity contribution in [2.45, 2.75) is 38.1 Å². The Morgan fingerprint density at radius 2 is 2.11 bits per heavy atom. The smallest absolute Gasteiger partial charge is 0.331 e. The molecule has 1 saturated heterocycles. The summed E-state index contributed by atoms with van der Waals surface area (Å²) in [5, 5.41) is 6.67. The minimum atomic E-state index is -1.01. The van der Waals surface area contributed by atoms with Crippen LogP contribution in [0, 0.1) is 12.8 Å². The lowest BCUT2D eigenvalue weighted by molar-refractivity contribution is -0.147. The van der Waals surface area contributed by atoms with Crippen LogP contribution in [0.2, 0.25) is 0 Å². The van der Waals surface area contributed by atoms with Crippen LogP contribution >= 0.6 is 0 Å². The third kappa shape index (κ3) is 2.70. The fraction of sp³-hybridized carbons (Fsp3) is 0.444. The van der Waals surface area contributed by atoms with E-state index in [4.69, 9.17) is 13.7 Å². The molecule has 0 atom stereocenters. The van der Waals surface area contributed by atoms with E-state index in [1.54, 1.807) is 13.0 Å². The number of hydrogen-bond donors (Lipinski definition) is 1. The van der Waals surface area contributed by atoms with E-state index < -0.39 is 11.6 Å². The summed E-state index contributed by atoms with van der Waals surface area (Å²) in [6.07, 6.45) is 3.23. The van der Waals surface area contributed by atoms with Gasteiger partial charge in [-0.3, -0.25) is 9.59 Å². The van der Waals surface area contributed by atoms with Crippen molar-refractivity contribution < 1.29 is 28.1 Å². The van der Waals surface area contributed by atoms with Crippen molar-refractivity contribution >= 4 is 23.7 Å². The summed E-state index contributed by atoms with van der Waals surface area (Å²) < 4.78 is 15.3. The number of carbonyl (C=O) groups excluding carboxylic acids is 3. The molecule has 1 aliphatic carbocycles. The fourth-order valence-corrected chi connectivity index (χ4v) is 3.82. The minimum absolute atomic E-state index is 0.125.